The van der Waals surface area contributed by atoms with Gasteiger partial charge in [0.15, 0.2) is 0 Å². The molecular weight excluding hydrogens is 570 g/mol. The van der Waals surface area contributed by atoms with E-state index in [9.17, 15) is 19.2 Å². The maximum Gasteiger partial charge on any atom is 0.408 e. The van der Waals surface area contributed by atoms with Crippen LogP contribution in [0.25, 0.3) is 0 Å². The van der Waals surface area contributed by atoms with Crippen LogP contribution in [-0.2, 0) is 30.3 Å². The zero-order valence-electron chi connectivity index (χ0n) is 28.9. The fraction of sp³-hybridized carbons (Fsp3) is 0.556. The van der Waals surface area contributed by atoms with Crippen LogP contribution in [0.4, 0.5) is 4.79 Å². The van der Waals surface area contributed by atoms with Crippen molar-refractivity contribution in [3.8, 4) is 0 Å². The van der Waals surface area contributed by atoms with Crippen LogP contribution in [0.2, 0.25) is 0 Å². The molecule has 9 heteroatoms. The second kappa shape index (κ2) is 15.9. The molecule has 248 valence electrons. The van der Waals surface area contributed by atoms with Crippen molar-refractivity contribution < 1.29 is 28.7 Å². The zero-order valence-corrected chi connectivity index (χ0v) is 28.9. The molecule has 0 fully saturated rings. The van der Waals surface area contributed by atoms with Gasteiger partial charge in [0, 0.05) is 13.0 Å². The lowest BCUT2D eigenvalue weighted by Gasteiger charge is -2.35. The number of nitrogens with one attached hydrogen (secondary N) is 2. The number of nitrogens with zero attached hydrogens (tertiary/aromatic N) is 1. The Morgan fingerprint density at radius 3 is 1.93 bits per heavy atom. The van der Waals surface area contributed by atoms with Crippen LogP contribution >= 0.6 is 0 Å². The summed E-state index contributed by atoms with van der Waals surface area (Å²) in [6.07, 6.45) is -0.167. The minimum Gasteiger partial charge on any atom is -0.458 e. The third-order valence-electron chi connectivity index (χ3n) is 6.89. The van der Waals surface area contributed by atoms with Gasteiger partial charge in [0.1, 0.15) is 29.3 Å². The molecular formula is C36H53N3O6. The number of aryl methyl sites for hydroxylation is 2. The molecule has 45 heavy (non-hydrogen) atoms. The van der Waals surface area contributed by atoms with Gasteiger partial charge in [0.05, 0.1) is 0 Å². The first-order chi connectivity index (χ1) is 20.8. The molecule has 9 nitrogen and oxygen atoms in total. The Morgan fingerprint density at radius 2 is 1.42 bits per heavy atom. The number of hydrogen-bond acceptors (Lipinski definition) is 6. The van der Waals surface area contributed by atoms with E-state index in [0.29, 0.717) is 12.0 Å². The first kappa shape index (κ1) is 37.3. The molecule has 0 bridgehead atoms. The molecule has 2 N–H and O–H groups in total. The second-order valence-corrected chi connectivity index (χ2v) is 14.0. The van der Waals surface area contributed by atoms with E-state index in [4.69, 9.17) is 9.47 Å². The molecule has 0 aliphatic carbocycles. The first-order valence-corrected chi connectivity index (χ1v) is 15.8. The van der Waals surface area contributed by atoms with Crippen molar-refractivity contribution in [2.24, 2.45) is 5.92 Å². The summed E-state index contributed by atoms with van der Waals surface area (Å²) in [6.45, 7) is 20.3. The molecule has 3 amide bonds. The SMILES string of the molecule is CCN(C(=O)C(CC(C)C)NC(=O)OC(C)(C)C)C(C(=O)NC(Cc1ccccc1)C(=O)OC(C)(C)C)c1ccc(C)cc1C. The van der Waals surface area contributed by atoms with E-state index in [2.05, 4.69) is 10.6 Å². The van der Waals surface area contributed by atoms with Crippen LogP contribution in [-0.4, -0.2) is 58.6 Å². The molecule has 3 atom stereocenters. The Hall–Kier alpha value is -3.88. The summed E-state index contributed by atoms with van der Waals surface area (Å²) < 4.78 is 11.2. The molecule has 2 aromatic carbocycles. The Labute approximate surface area is 269 Å². The van der Waals surface area contributed by atoms with E-state index in [1.54, 1.807) is 48.5 Å². The molecule has 0 aliphatic heterocycles. The van der Waals surface area contributed by atoms with Crippen LogP contribution in [0.5, 0.6) is 0 Å². The summed E-state index contributed by atoms with van der Waals surface area (Å²) in [5.41, 5.74) is 1.77. The fourth-order valence-electron chi connectivity index (χ4n) is 5.06. The van der Waals surface area contributed by atoms with Crippen molar-refractivity contribution in [1.82, 2.24) is 15.5 Å². The number of alkyl carbamates (subject to hydrolysis) is 1. The van der Waals surface area contributed by atoms with Crippen molar-refractivity contribution in [1.29, 1.82) is 0 Å². The Morgan fingerprint density at radius 1 is 0.822 bits per heavy atom. The van der Waals surface area contributed by atoms with Crippen LogP contribution in [0.3, 0.4) is 0 Å². The summed E-state index contributed by atoms with van der Waals surface area (Å²) in [7, 11) is 0. The van der Waals surface area contributed by atoms with Gasteiger partial charge in [0.25, 0.3) is 0 Å². The minimum atomic E-state index is -1.08. The summed E-state index contributed by atoms with van der Waals surface area (Å²) in [6, 6.07) is 12.0. The van der Waals surface area contributed by atoms with Gasteiger partial charge in [-0.25, -0.2) is 9.59 Å². The summed E-state index contributed by atoms with van der Waals surface area (Å²) >= 11 is 0. The van der Waals surface area contributed by atoms with Crippen LogP contribution < -0.4 is 10.6 Å². The van der Waals surface area contributed by atoms with Crippen LogP contribution in [0.1, 0.15) is 97.0 Å². The van der Waals surface area contributed by atoms with E-state index < -0.39 is 53.2 Å². The lowest BCUT2D eigenvalue weighted by Crippen LogP contribution is -2.55. The Balaban J connectivity index is 2.58. The number of hydrogen-bond donors (Lipinski definition) is 2. The maximum atomic E-state index is 14.4. The normalized spacial score (nSPS) is 13.8. The summed E-state index contributed by atoms with van der Waals surface area (Å²) in [5, 5.41) is 5.68. The van der Waals surface area contributed by atoms with Gasteiger partial charge >= 0.3 is 12.1 Å². The maximum absolute atomic E-state index is 14.4. The third kappa shape index (κ3) is 12.2. The number of benzene rings is 2. The fourth-order valence-corrected chi connectivity index (χ4v) is 5.06. The van der Waals surface area contributed by atoms with Gasteiger partial charge in [-0.2, -0.15) is 0 Å². The van der Waals surface area contributed by atoms with E-state index in [1.165, 1.54) is 4.90 Å². The predicted octanol–water partition coefficient (Wildman–Crippen LogP) is 6.20. The molecule has 0 saturated heterocycles. The number of esters is 1. The summed E-state index contributed by atoms with van der Waals surface area (Å²) in [5.74, 6) is -1.46. The van der Waals surface area contributed by atoms with Crippen molar-refractivity contribution in [2.75, 3.05) is 6.54 Å². The molecule has 2 rings (SSSR count). The van der Waals surface area contributed by atoms with Crippen molar-refractivity contribution in [2.45, 2.75) is 118 Å². The zero-order chi connectivity index (χ0) is 34.1. The predicted molar refractivity (Wildman–Crippen MR) is 177 cm³/mol. The number of likely N-dealkylation sites (N-methyl/N-ethyl adjacent to an activating group) is 1. The monoisotopic (exact) mass is 623 g/mol. The first-order valence-electron chi connectivity index (χ1n) is 15.8. The summed E-state index contributed by atoms with van der Waals surface area (Å²) in [4.78, 5) is 56.4. The number of carbonyl (C=O) groups is 4. The highest BCUT2D eigenvalue weighted by atomic mass is 16.6. The van der Waals surface area contributed by atoms with Gasteiger partial charge in [-0.15, -0.1) is 0 Å². The van der Waals surface area contributed by atoms with Crippen molar-refractivity contribution in [3.63, 3.8) is 0 Å². The van der Waals surface area contributed by atoms with Gasteiger partial charge < -0.3 is 25.0 Å². The standard InChI is InChI=1S/C36H53N3O6/c1-12-39(32(41)28(20-23(2)3)38-34(43)45-36(9,10)11)30(27-19-18-24(4)21-25(27)5)31(40)37-29(33(42)44-35(6,7)8)22-26-16-14-13-15-17-26/h13-19,21,23,28-30H,12,20,22H2,1-11H3,(H,37,40)(H,38,43). The lowest BCUT2D eigenvalue weighted by atomic mass is 9.95. The number of carbonyl (C=O) groups excluding carboxylic acids is 4. The molecule has 0 spiro atoms. The molecule has 0 radical (unpaired) electrons. The lowest BCUT2D eigenvalue weighted by molar-refractivity contribution is -0.159. The molecule has 0 heterocycles. The number of ether oxygens (including phenoxy) is 2. The van der Waals surface area contributed by atoms with Gasteiger partial charge in [-0.05, 0) is 91.3 Å². The van der Waals surface area contributed by atoms with Crippen molar-refractivity contribution >= 4 is 23.9 Å². The van der Waals surface area contributed by atoms with Gasteiger partial charge in [-0.1, -0.05) is 67.9 Å². The minimum absolute atomic E-state index is 0.0587. The van der Waals surface area contributed by atoms with E-state index in [0.717, 1.165) is 16.7 Å². The molecule has 0 saturated carbocycles. The highest BCUT2D eigenvalue weighted by molar-refractivity contribution is 5.94. The highest BCUT2D eigenvalue weighted by Crippen LogP contribution is 2.28. The Kier molecular flexibility index (Phi) is 13.2. The van der Waals surface area contributed by atoms with Crippen molar-refractivity contribution in [3.05, 3.63) is 70.8 Å². The number of amides is 3. The topological polar surface area (TPSA) is 114 Å². The molecule has 0 aliphatic rings. The van der Waals surface area contributed by atoms with Gasteiger partial charge in [-0.3, -0.25) is 9.59 Å². The molecule has 2 aromatic rings. The highest BCUT2D eigenvalue weighted by Gasteiger charge is 2.38. The molecule has 3 unspecified atom stereocenters. The van der Waals surface area contributed by atoms with E-state index in [-0.39, 0.29) is 18.9 Å². The van der Waals surface area contributed by atoms with Gasteiger partial charge in [0.2, 0.25) is 11.8 Å². The smallest absolute Gasteiger partial charge is 0.408 e. The second-order valence-electron chi connectivity index (χ2n) is 14.0. The quantitative estimate of drug-likeness (QED) is 0.272. The number of rotatable bonds is 12. The van der Waals surface area contributed by atoms with Crippen LogP contribution in [0.15, 0.2) is 48.5 Å². The Bertz CT molecular complexity index is 1310. The third-order valence-corrected chi connectivity index (χ3v) is 6.89. The van der Waals surface area contributed by atoms with E-state index >= 15 is 0 Å². The van der Waals surface area contributed by atoms with Crippen LogP contribution in [0, 0.1) is 19.8 Å². The van der Waals surface area contributed by atoms with E-state index in [1.807, 2.05) is 76.2 Å². The molecule has 0 aromatic heterocycles. The average Bonchev–Trinajstić information content (AvgIpc) is 2.89. The average molecular weight is 624 g/mol. The largest absolute Gasteiger partial charge is 0.458 e.